The number of aliphatic imine (C=N–C) groups is 1. The van der Waals surface area contributed by atoms with Gasteiger partial charge in [-0.3, -0.25) is 4.99 Å². The van der Waals surface area contributed by atoms with E-state index in [1.165, 1.54) is 4.31 Å². The van der Waals surface area contributed by atoms with Crippen molar-refractivity contribution >= 4 is 16.0 Å². The van der Waals surface area contributed by atoms with Crippen LogP contribution < -0.4 is 10.6 Å². The molecule has 0 bridgehead atoms. The summed E-state index contributed by atoms with van der Waals surface area (Å²) in [5.74, 6) is 1.17. The van der Waals surface area contributed by atoms with Crippen LogP contribution in [0.1, 0.15) is 27.7 Å². The van der Waals surface area contributed by atoms with E-state index in [0.717, 1.165) is 6.54 Å². The third kappa shape index (κ3) is 6.50. The lowest BCUT2D eigenvalue weighted by atomic mass is 10.1. The van der Waals surface area contributed by atoms with Gasteiger partial charge in [-0.1, -0.05) is 13.8 Å². The van der Waals surface area contributed by atoms with Crippen LogP contribution in [-0.4, -0.2) is 69.9 Å². The molecule has 1 aliphatic heterocycles. The minimum absolute atomic E-state index is 0.0274. The first-order valence-corrected chi connectivity index (χ1v) is 9.58. The second-order valence-corrected chi connectivity index (χ2v) is 7.85. The first-order valence-electron chi connectivity index (χ1n) is 7.97. The van der Waals surface area contributed by atoms with Crippen LogP contribution >= 0.6 is 0 Å². The molecular formula is C14H30N4O3S. The smallest absolute Gasteiger partial charge is 0.216 e. The first kappa shape index (κ1) is 19.2. The molecule has 0 saturated carbocycles. The van der Waals surface area contributed by atoms with E-state index >= 15 is 0 Å². The first-order chi connectivity index (χ1) is 10.4. The summed E-state index contributed by atoms with van der Waals surface area (Å²) in [6, 6.07) is 0.272. The molecule has 1 heterocycles. The summed E-state index contributed by atoms with van der Waals surface area (Å²) in [4.78, 5) is 4.37. The molecule has 1 saturated heterocycles. The maximum absolute atomic E-state index is 12.2. The summed E-state index contributed by atoms with van der Waals surface area (Å²) in [5.41, 5.74) is 0. The normalized spacial score (nSPS) is 19.2. The van der Waals surface area contributed by atoms with Crippen molar-refractivity contribution in [2.24, 2.45) is 10.9 Å². The minimum Gasteiger partial charge on any atom is -0.379 e. The molecule has 0 radical (unpaired) electrons. The Hall–Kier alpha value is -0.860. The molecule has 0 aliphatic carbocycles. The van der Waals surface area contributed by atoms with Gasteiger partial charge < -0.3 is 15.4 Å². The highest BCUT2D eigenvalue weighted by Gasteiger charge is 2.23. The van der Waals surface area contributed by atoms with Crippen molar-refractivity contribution in [3.63, 3.8) is 0 Å². The van der Waals surface area contributed by atoms with Gasteiger partial charge in [-0.2, -0.15) is 4.31 Å². The summed E-state index contributed by atoms with van der Waals surface area (Å²) in [7, 11) is -3.25. The maximum Gasteiger partial charge on any atom is 0.216 e. The Morgan fingerprint density at radius 2 is 1.91 bits per heavy atom. The van der Waals surface area contributed by atoms with Gasteiger partial charge in [0, 0.05) is 25.7 Å². The van der Waals surface area contributed by atoms with Crippen molar-refractivity contribution in [2.45, 2.75) is 33.7 Å². The molecule has 0 aromatic heterocycles. The molecular weight excluding hydrogens is 304 g/mol. The summed E-state index contributed by atoms with van der Waals surface area (Å²) in [6.45, 7) is 11.1. The summed E-state index contributed by atoms with van der Waals surface area (Å²) in [5, 5.41) is 6.44. The van der Waals surface area contributed by atoms with Crippen LogP contribution in [0, 0.1) is 5.92 Å². The Labute approximate surface area is 134 Å². The zero-order chi connectivity index (χ0) is 16.6. The van der Waals surface area contributed by atoms with E-state index in [9.17, 15) is 8.42 Å². The van der Waals surface area contributed by atoms with Crippen molar-refractivity contribution < 1.29 is 13.2 Å². The molecule has 0 amide bonds. The predicted octanol–water partition coefficient (Wildman–Crippen LogP) is 0.248. The van der Waals surface area contributed by atoms with Gasteiger partial charge >= 0.3 is 0 Å². The molecule has 1 unspecified atom stereocenters. The van der Waals surface area contributed by atoms with Gasteiger partial charge in [0.15, 0.2) is 5.96 Å². The third-order valence-corrected chi connectivity index (χ3v) is 5.54. The fraction of sp³-hybridized carbons (Fsp3) is 0.929. The van der Waals surface area contributed by atoms with Crippen molar-refractivity contribution in [1.82, 2.24) is 14.9 Å². The van der Waals surface area contributed by atoms with Crippen molar-refractivity contribution in [2.75, 3.05) is 45.1 Å². The van der Waals surface area contributed by atoms with Gasteiger partial charge in [-0.05, 0) is 19.8 Å². The fourth-order valence-corrected chi connectivity index (χ4v) is 3.21. The number of hydrogen-bond donors (Lipinski definition) is 2. The molecule has 0 spiro atoms. The van der Waals surface area contributed by atoms with Crippen LogP contribution in [0.15, 0.2) is 4.99 Å². The van der Waals surface area contributed by atoms with E-state index in [1.807, 2.05) is 6.92 Å². The number of rotatable bonds is 7. The molecule has 0 aromatic rings. The number of sulfonamides is 1. The van der Waals surface area contributed by atoms with Gasteiger partial charge in [0.05, 0.1) is 25.5 Å². The molecule has 0 aromatic carbocycles. The van der Waals surface area contributed by atoms with Gasteiger partial charge in [0.2, 0.25) is 10.0 Å². The minimum atomic E-state index is -3.25. The van der Waals surface area contributed by atoms with Crippen LogP contribution in [-0.2, 0) is 14.8 Å². The van der Waals surface area contributed by atoms with Crippen LogP contribution in [0.4, 0.5) is 0 Å². The summed E-state index contributed by atoms with van der Waals surface area (Å²) >= 11 is 0. The quantitative estimate of drug-likeness (QED) is 0.515. The van der Waals surface area contributed by atoms with E-state index in [1.54, 1.807) is 0 Å². The summed E-state index contributed by atoms with van der Waals surface area (Å²) < 4.78 is 31.1. The number of morpholine rings is 1. The molecule has 130 valence electrons. The van der Waals surface area contributed by atoms with Crippen LogP contribution in [0.25, 0.3) is 0 Å². The lowest BCUT2D eigenvalue weighted by Crippen LogP contribution is -2.45. The standard InChI is InChI=1S/C14H30N4O3S/c1-5-15-14(17-13(4)12(2)3)16-6-11-22(19,20)18-7-9-21-10-8-18/h12-13H,5-11H2,1-4H3,(H2,15,16,17). The lowest BCUT2D eigenvalue weighted by Gasteiger charge is -2.25. The van der Waals surface area contributed by atoms with Crippen LogP contribution in [0.2, 0.25) is 0 Å². The number of nitrogens with one attached hydrogen (secondary N) is 2. The molecule has 1 fully saturated rings. The second-order valence-electron chi connectivity index (χ2n) is 5.77. The highest BCUT2D eigenvalue weighted by atomic mass is 32.2. The third-order valence-electron chi connectivity index (χ3n) is 3.69. The number of guanidine groups is 1. The van der Waals surface area contributed by atoms with E-state index in [0.29, 0.717) is 38.2 Å². The predicted molar refractivity (Wildman–Crippen MR) is 89.6 cm³/mol. The Kier molecular flexibility index (Phi) is 8.13. The lowest BCUT2D eigenvalue weighted by molar-refractivity contribution is 0.0731. The van der Waals surface area contributed by atoms with Crippen LogP contribution in [0.5, 0.6) is 0 Å². The fourth-order valence-electron chi connectivity index (χ4n) is 1.93. The highest BCUT2D eigenvalue weighted by molar-refractivity contribution is 7.89. The molecule has 2 N–H and O–H groups in total. The van der Waals surface area contributed by atoms with E-state index < -0.39 is 10.0 Å². The molecule has 1 rings (SSSR count). The molecule has 1 atom stereocenters. The Bertz CT molecular complexity index is 445. The topological polar surface area (TPSA) is 83.0 Å². The zero-order valence-electron chi connectivity index (χ0n) is 14.1. The molecule has 8 heteroatoms. The number of hydrogen-bond acceptors (Lipinski definition) is 4. The van der Waals surface area contributed by atoms with Gasteiger partial charge in [0.25, 0.3) is 0 Å². The van der Waals surface area contributed by atoms with Gasteiger partial charge in [-0.25, -0.2) is 8.42 Å². The highest BCUT2D eigenvalue weighted by Crippen LogP contribution is 2.05. The zero-order valence-corrected chi connectivity index (χ0v) is 14.9. The van der Waals surface area contributed by atoms with Gasteiger partial charge in [-0.15, -0.1) is 0 Å². The number of ether oxygens (including phenoxy) is 1. The van der Waals surface area contributed by atoms with Crippen molar-refractivity contribution in [3.05, 3.63) is 0 Å². The Morgan fingerprint density at radius 1 is 1.27 bits per heavy atom. The Balaban J connectivity index is 2.54. The monoisotopic (exact) mass is 334 g/mol. The van der Waals surface area contributed by atoms with Crippen LogP contribution in [0.3, 0.4) is 0 Å². The van der Waals surface area contributed by atoms with Gasteiger partial charge in [0.1, 0.15) is 0 Å². The van der Waals surface area contributed by atoms with E-state index in [-0.39, 0.29) is 18.3 Å². The molecule has 1 aliphatic rings. The molecule has 22 heavy (non-hydrogen) atoms. The maximum atomic E-state index is 12.2. The number of nitrogens with zero attached hydrogens (tertiary/aromatic N) is 2. The van der Waals surface area contributed by atoms with Crippen molar-refractivity contribution in [3.8, 4) is 0 Å². The average molecular weight is 334 g/mol. The van der Waals surface area contributed by atoms with Crippen molar-refractivity contribution in [1.29, 1.82) is 0 Å². The molecule has 7 nitrogen and oxygen atoms in total. The average Bonchev–Trinajstić information content (AvgIpc) is 2.48. The summed E-state index contributed by atoms with van der Waals surface area (Å²) in [6.07, 6.45) is 0. The van der Waals surface area contributed by atoms with E-state index in [2.05, 4.69) is 36.4 Å². The van der Waals surface area contributed by atoms with E-state index in [4.69, 9.17) is 4.74 Å². The Morgan fingerprint density at radius 3 is 2.45 bits per heavy atom. The second kappa shape index (κ2) is 9.32. The largest absolute Gasteiger partial charge is 0.379 e. The SMILES string of the molecule is CCNC(=NCCS(=O)(=O)N1CCOCC1)NC(C)C(C)C.